The van der Waals surface area contributed by atoms with Crippen molar-refractivity contribution < 1.29 is 35.3 Å². The molecule has 0 spiro atoms. The Balaban J connectivity index is 2.01. The molecule has 0 aliphatic heterocycles. The number of amides is 1. The first-order valence-corrected chi connectivity index (χ1v) is 11.2. The molecule has 8 nitrogen and oxygen atoms in total. The third-order valence-electron chi connectivity index (χ3n) is 4.00. The summed E-state index contributed by atoms with van der Waals surface area (Å²) in [4.78, 5) is 15.5. The van der Waals surface area contributed by atoms with Crippen molar-refractivity contribution in [3.8, 4) is 17.0 Å². The van der Waals surface area contributed by atoms with Gasteiger partial charge < -0.3 is 14.9 Å². The highest BCUT2D eigenvalue weighted by atomic mass is 35.5. The molecule has 3 aromatic rings. The van der Waals surface area contributed by atoms with Crippen LogP contribution in [-0.4, -0.2) is 32.2 Å². The molecule has 0 aliphatic rings. The maximum Gasteiger partial charge on any atom is 0.264 e. The third kappa shape index (κ3) is 5.54. The number of nitrogens with zero attached hydrogens (tertiary/aromatic N) is 1. The lowest BCUT2D eigenvalue weighted by Gasteiger charge is -2.17. The number of primary amides is 1. The van der Waals surface area contributed by atoms with Crippen LogP contribution in [0, 0.1) is 11.6 Å². The van der Waals surface area contributed by atoms with E-state index in [1.54, 1.807) is 24.3 Å². The molecule has 0 radical (unpaired) electrons. The third-order valence-corrected chi connectivity index (χ3v) is 5.07. The number of hydrogen-bond donors (Lipinski definition) is 1. The Kier molecular flexibility index (Phi) is 7.03. The normalized spacial score (nSPS) is 12.5. The van der Waals surface area contributed by atoms with Crippen LogP contribution in [0.4, 0.5) is 8.78 Å². The summed E-state index contributed by atoms with van der Waals surface area (Å²) in [7, 11) is -3.94. The molecule has 2 aromatic carbocycles. The predicted octanol–water partition coefficient (Wildman–Crippen LogP) is 4.12. The Labute approximate surface area is 191 Å². The molecule has 0 aliphatic carbocycles. The number of oxazole rings is 1. The lowest BCUT2D eigenvalue weighted by atomic mass is 10.1. The molecule has 13 heteroatoms. The monoisotopic (exact) mass is 506 g/mol. The lowest BCUT2D eigenvalue weighted by Crippen LogP contribution is -2.20. The number of ether oxygens (including phenoxy) is 1. The van der Waals surface area contributed by atoms with Gasteiger partial charge in [0.05, 0.1) is 6.26 Å². The number of carbonyl (C=O) groups excluding carboxylic acids is 1. The van der Waals surface area contributed by atoms with Gasteiger partial charge in [-0.25, -0.2) is 13.8 Å². The van der Waals surface area contributed by atoms with Gasteiger partial charge in [-0.2, -0.15) is 8.42 Å². The molecule has 1 amide bonds. The number of nitrogens with two attached hydrogens (primary N) is 1. The van der Waals surface area contributed by atoms with Crippen molar-refractivity contribution in [3.63, 3.8) is 0 Å². The summed E-state index contributed by atoms with van der Waals surface area (Å²) in [5.41, 5.74) is 4.66. The minimum Gasteiger partial charge on any atom is -0.475 e. The van der Waals surface area contributed by atoms with E-state index >= 15 is 0 Å². The van der Waals surface area contributed by atoms with Crippen molar-refractivity contribution in [2.24, 2.45) is 5.73 Å². The fourth-order valence-electron chi connectivity index (χ4n) is 2.59. The van der Waals surface area contributed by atoms with Crippen molar-refractivity contribution in [1.29, 1.82) is 0 Å². The van der Waals surface area contributed by atoms with Gasteiger partial charge in [0, 0.05) is 10.6 Å². The molecular formula is C19H14Cl2F2N2O6S. The molecule has 0 saturated carbocycles. The van der Waals surface area contributed by atoms with Gasteiger partial charge in [0.1, 0.15) is 23.7 Å². The van der Waals surface area contributed by atoms with E-state index in [4.69, 9.17) is 42.3 Å². The molecule has 170 valence electrons. The predicted molar refractivity (Wildman–Crippen MR) is 111 cm³/mol. The minimum absolute atomic E-state index is 0.170. The maximum atomic E-state index is 14.6. The Hall–Kier alpha value is -2.73. The van der Waals surface area contributed by atoms with Crippen molar-refractivity contribution in [2.45, 2.75) is 6.10 Å². The SMILES string of the molecule is CS(=O)(=O)OCC(Oc1ccc(F)c(C(N)=O)c1F)c1nc(-c2ccc(Cl)cc2)c(Cl)o1. The molecule has 32 heavy (non-hydrogen) atoms. The van der Waals surface area contributed by atoms with Gasteiger partial charge in [0.2, 0.25) is 11.1 Å². The summed E-state index contributed by atoms with van der Waals surface area (Å²) in [6, 6.07) is 8.03. The van der Waals surface area contributed by atoms with E-state index in [1.807, 2.05) is 0 Å². The Morgan fingerprint density at radius 3 is 2.44 bits per heavy atom. The minimum atomic E-state index is -3.94. The second-order valence-electron chi connectivity index (χ2n) is 6.38. The average molecular weight is 507 g/mol. The topological polar surface area (TPSA) is 122 Å². The zero-order valence-corrected chi connectivity index (χ0v) is 18.5. The fourth-order valence-corrected chi connectivity index (χ4v) is 3.31. The van der Waals surface area contributed by atoms with Gasteiger partial charge in [-0.15, -0.1) is 0 Å². The number of halogens is 4. The highest BCUT2D eigenvalue weighted by molar-refractivity contribution is 7.85. The molecule has 2 N–H and O–H groups in total. The quantitative estimate of drug-likeness (QED) is 0.455. The Bertz CT molecular complexity index is 1270. The van der Waals surface area contributed by atoms with Gasteiger partial charge in [-0.05, 0) is 35.9 Å². The van der Waals surface area contributed by atoms with Gasteiger partial charge >= 0.3 is 0 Å². The van der Waals surface area contributed by atoms with Crippen LogP contribution in [0.25, 0.3) is 11.3 Å². The summed E-state index contributed by atoms with van der Waals surface area (Å²) in [6.07, 6.45) is -0.668. The summed E-state index contributed by atoms with van der Waals surface area (Å²) in [5.74, 6) is -4.84. The maximum absolute atomic E-state index is 14.6. The van der Waals surface area contributed by atoms with E-state index in [9.17, 15) is 22.0 Å². The number of rotatable bonds is 8. The van der Waals surface area contributed by atoms with Gasteiger partial charge in [0.25, 0.3) is 16.0 Å². The van der Waals surface area contributed by atoms with Gasteiger partial charge in [-0.1, -0.05) is 23.7 Å². The number of benzene rings is 2. The van der Waals surface area contributed by atoms with Crippen LogP contribution in [-0.2, 0) is 14.3 Å². The number of hydrogen-bond acceptors (Lipinski definition) is 7. The standard InChI is InChI=1S/C19H14Cl2F2N2O6S/c1-32(27,28)29-8-13(30-12-7-6-11(22)14(15(12)23)18(24)26)19-25-16(17(21)31-19)9-2-4-10(20)5-3-9/h2-7,13H,8H2,1H3,(H2,24,26). The van der Waals surface area contributed by atoms with Crippen LogP contribution in [0.5, 0.6) is 5.75 Å². The van der Waals surface area contributed by atoms with E-state index in [-0.39, 0.29) is 16.8 Å². The van der Waals surface area contributed by atoms with E-state index in [1.165, 1.54) is 0 Å². The van der Waals surface area contributed by atoms with E-state index < -0.39 is 51.7 Å². The molecule has 0 fully saturated rings. The first-order chi connectivity index (χ1) is 15.0. The van der Waals surface area contributed by atoms with Crippen LogP contribution in [0.15, 0.2) is 40.8 Å². The van der Waals surface area contributed by atoms with Crippen LogP contribution >= 0.6 is 23.2 Å². The molecule has 1 heterocycles. The number of aromatic nitrogens is 1. The largest absolute Gasteiger partial charge is 0.475 e. The second-order valence-corrected chi connectivity index (χ2v) is 8.80. The molecule has 1 aromatic heterocycles. The Morgan fingerprint density at radius 2 is 1.84 bits per heavy atom. The second kappa shape index (κ2) is 9.41. The fraction of sp³-hybridized carbons (Fsp3) is 0.158. The van der Waals surface area contributed by atoms with Crippen molar-refractivity contribution in [3.05, 3.63) is 69.7 Å². The van der Waals surface area contributed by atoms with Gasteiger partial charge in [-0.3, -0.25) is 8.98 Å². The molecule has 1 unspecified atom stereocenters. The highest BCUT2D eigenvalue weighted by Gasteiger charge is 2.28. The summed E-state index contributed by atoms with van der Waals surface area (Å²) >= 11 is 12.0. The number of carbonyl (C=O) groups is 1. The van der Waals surface area contributed by atoms with Crippen LogP contribution in [0.1, 0.15) is 22.4 Å². The van der Waals surface area contributed by atoms with Crippen molar-refractivity contribution in [1.82, 2.24) is 4.98 Å². The first-order valence-electron chi connectivity index (χ1n) is 8.67. The summed E-state index contributed by atoms with van der Waals surface area (Å²) in [6.45, 7) is -0.696. The van der Waals surface area contributed by atoms with Crippen LogP contribution in [0.2, 0.25) is 10.2 Å². The average Bonchev–Trinajstić information content (AvgIpc) is 3.08. The molecular weight excluding hydrogens is 493 g/mol. The molecule has 0 saturated heterocycles. The zero-order valence-electron chi connectivity index (χ0n) is 16.1. The van der Waals surface area contributed by atoms with E-state index in [0.29, 0.717) is 10.6 Å². The molecule has 0 bridgehead atoms. The van der Waals surface area contributed by atoms with Crippen molar-refractivity contribution >= 4 is 39.2 Å². The summed E-state index contributed by atoms with van der Waals surface area (Å²) in [5, 5.41) is 0.293. The Morgan fingerprint density at radius 1 is 1.19 bits per heavy atom. The molecule has 1 atom stereocenters. The van der Waals surface area contributed by atoms with Crippen molar-refractivity contribution in [2.75, 3.05) is 12.9 Å². The highest BCUT2D eigenvalue weighted by Crippen LogP contribution is 2.34. The lowest BCUT2D eigenvalue weighted by molar-refractivity contribution is 0.0975. The molecule has 3 rings (SSSR count). The van der Waals surface area contributed by atoms with Crippen LogP contribution in [0.3, 0.4) is 0 Å². The van der Waals surface area contributed by atoms with E-state index in [2.05, 4.69) is 4.98 Å². The zero-order chi connectivity index (χ0) is 23.6. The van der Waals surface area contributed by atoms with Crippen LogP contribution < -0.4 is 10.5 Å². The first kappa shape index (κ1) is 23.9. The smallest absolute Gasteiger partial charge is 0.264 e. The van der Waals surface area contributed by atoms with Gasteiger partial charge in [0.15, 0.2) is 17.7 Å². The summed E-state index contributed by atoms with van der Waals surface area (Å²) < 4.78 is 66.8. The van der Waals surface area contributed by atoms with E-state index in [0.717, 1.165) is 18.4 Å².